The number of carbonyl (C=O) groups is 1. The number of piperazine rings is 1. The Morgan fingerprint density at radius 3 is 1.90 bits per heavy atom. The van der Waals surface area contributed by atoms with Crippen LogP contribution < -0.4 is 5.32 Å². The van der Waals surface area contributed by atoms with Crippen molar-refractivity contribution in [3.8, 4) is 0 Å². The summed E-state index contributed by atoms with van der Waals surface area (Å²) in [6.45, 7) is 7.07. The monoisotopic (exact) mass is 695 g/mol. The number of aliphatic hydroxyl groups excluding tert-OH is 1. The Balaban J connectivity index is 1.13. The molecule has 12 heteroatoms. The number of hydrogen-bond donors (Lipinski definition) is 2. The molecule has 7 nitrogen and oxygen atoms in total. The van der Waals surface area contributed by atoms with E-state index in [1.54, 1.807) is 24.3 Å². The van der Waals surface area contributed by atoms with E-state index in [9.17, 15) is 31.9 Å². The largest absolute Gasteiger partial charge is 0.392 e. The Hall–Kier alpha value is -4.20. The van der Waals surface area contributed by atoms with Crippen LogP contribution in [0.25, 0.3) is 0 Å². The van der Waals surface area contributed by atoms with Gasteiger partial charge in [-0.2, -0.15) is 0 Å². The summed E-state index contributed by atoms with van der Waals surface area (Å²) in [5, 5.41) is 11.8. The van der Waals surface area contributed by atoms with Gasteiger partial charge >= 0.3 is 0 Å². The zero-order chi connectivity index (χ0) is 35.4. The molecule has 2 N–H and O–H groups in total. The zero-order valence-electron chi connectivity index (χ0n) is 27.4. The fraction of sp³-hybridized carbons (Fsp3) is 0.342. The number of hydrogen-bond acceptors (Lipinski definition) is 6. The van der Waals surface area contributed by atoms with E-state index in [-0.39, 0.29) is 31.3 Å². The van der Waals surface area contributed by atoms with E-state index in [2.05, 4.69) is 46.3 Å². The number of nitrogens with zero attached hydrogens (tertiary/aromatic N) is 2. The molecule has 0 saturated carbocycles. The average molecular weight is 696 g/mol. The highest BCUT2D eigenvalue weighted by Crippen LogP contribution is 2.42. The number of benzene rings is 4. The second kappa shape index (κ2) is 15.8. The van der Waals surface area contributed by atoms with Crippen molar-refractivity contribution in [1.29, 1.82) is 0 Å². The molecule has 1 amide bonds. The van der Waals surface area contributed by atoms with Crippen LogP contribution in [0.15, 0.2) is 78.9 Å². The third-order valence-electron chi connectivity index (χ3n) is 9.42. The molecule has 0 bridgehead atoms. The van der Waals surface area contributed by atoms with Crippen molar-refractivity contribution in [3.05, 3.63) is 141 Å². The van der Waals surface area contributed by atoms with Gasteiger partial charge in [0.05, 0.1) is 18.8 Å². The van der Waals surface area contributed by atoms with Crippen molar-refractivity contribution in [1.82, 2.24) is 15.1 Å². The first-order valence-electron chi connectivity index (χ1n) is 16.5. The maximum atomic E-state index is 14.1. The molecule has 4 aromatic rings. The van der Waals surface area contributed by atoms with E-state index >= 15 is 0 Å². The van der Waals surface area contributed by atoms with Crippen LogP contribution in [0.4, 0.5) is 22.0 Å². The molecule has 2 saturated heterocycles. The van der Waals surface area contributed by atoms with Crippen LogP contribution in [0, 0.1) is 35.0 Å². The Morgan fingerprint density at radius 2 is 1.28 bits per heavy atom. The third kappa shape index (κ3) is 7.90. The summed E-state index contributed by atoms with van der Waals surface area (Å²) in [5.41, 5.74) is 2.69. The normalized spacial score (nSPS) is 21.7. The summed E-state index contributed by atoms with van der Waals surface area (Å²) >= 11 is 0. The minimum atomic E-state index is -2.33. The summed E-state index contributed by atoms with van der Waals surface area (Å²) in [7, 11) is 0. The lowest BCUT2D eigenvalue weighted by molar-refractivity contribution is -0.276. The van der Waals surface area contributed by atoms with Crippen molar-refractivity contribution in [2.45, 2.75) is 45.1 Å². The highest BCUT2D eigenvalue weighted by molar-refractivity contribution is 5.94. The molecule has 0 aliphatic carbocycles. The average Bonchev–Trinajstić information content (AvgIpc) is 3.14. The predicted molar refractivity (Wildman–Crippen MR) is 175 cm³/mol. The standard InChI is InChI=1S/C38H38F5N3O4/c1-23-29(21-46-17-15-45(16-18-46)20-25-5-3-2-4-6-25)49-38(50-36(23)27-11-9-26(22-47)10-12-27)28-13-7-24(8-14-28)19-44-37(48)30-31(39)33(41)35(43)34(42)32(30)40/h2-14,23,29,36,38,47H,15-22H2,1H3,(H,44,48)/t23-,29+,36+,38+/m0/s1. The van der Waals surface area contributed by atoms with Gasteiger partial charge in [-0.3, -0.25) is 14.6 Å². The van der Waals surface area contributed by atoms with Crippen LogP contribution in [0.1, 0.15) is 57.5 Å². The van der Waals surface area contributed by atoms with E-state index < -0.39 is 46.8 Å². The first-order chi connectivity index (χ1) is 24.1. The molecule has 264 valence electrons. The van der Waals surface area contributed by atoms with Gasteiger partial charge in [0.2, 0.25) is 5.82 Å². The Bertz CT molecular complexity index is 1740. The fourth-order valence-corrected chi connectivity index (χ4v) is 6.42. The van der Waals surface area contributed by atoms with Gasteiger partial charge in [0.1, 0.15) is 5.56 Å². The molecule has 2 fully saturated rings. The molecular weight excluding hydrogens is 657 g/mol. The lowest BCUT2D eigenvalue weighted by Crippen LogP contribution is -2.51. The summed E-state index contributed by atoms with van der Waals surface area (Å²) in [5.74, 6) is -12.5. The van der Waals surface area contributed by atoms with Crippen molar-refractivity contribution < 1.29 is 41.3 Å². The van der Waals surface area contributed by atoms with E-state index in [0.717, 1.165) is 43.9 Å². The summed E-state index contributed by atoms with van der Waals surface area (Å²) < 4.78 is 82.0. The lowest BCUT2D eigenvalue weighted by atomic mass is 9.90. The second-order valence-electron chi connectivity index (χ2n) is 12.8. The van der Waals surface area contributed by atoms with E-state index in [1.165, 1.54) is 5.56 Å². The molecule has 4 atom stereocenters. The summed E-state index contributed by atoms with van der Waals surface area (Å²) in [6.07, 6.45) is -1.24. The first kappa shape index (κ1) is 35.6. The van der Waals surface area contributed by atoms with Gasteiger partial charge in [0, 0.05) is 57.3 Å². The van der Waals surface area contributed by atoms with Crippen LogP contribution in [-0.2, 0) is 29.2 Å². The maximum Gasteiger partial charge on any atom is 0.257 e. The summed E-state index contributed by atoms with van der Waals surface area (Å²) in [6, 6.07) is 24.8. The molecule has 2 aliphatic heterocycles. The van der Waals surface area contributed by atoms with Gasteiger partial charge in [-0.05, 0) is 22.3 Å². The summed E-state index contributed by atoms with van der Waals surface area (Å²) in [4.78, 5) is 17.3. The number of carbonyl (C=O) groups excluding carboxylic acids is 1. The van der Waals surface area contributed by atoms with E-state index in [1.807, 2.05) is 30.3 Å². The number of rotatable bonds is 10. The molecule has 0 aromatic heterocycles. The molecule has 2 aliphatic rings. The van der Waals surface area contributed by atoms with Gasteiger partial charge in [0.25, 0.3) is 5.91 Å². The highest BCUT2D eigenvalue weighted by Gasteiger charge is 2.39. The Morgan fingerprint density at radius 1 is 0.720 bits per heavy atom. The smallest absolute Gasteiger partial charge is 0.257 e. The topological polar surface area (TPSA) is 74.3 Å². The van der Waals surface area contributed by atoms with Crippen LogP contribution in [0.2, 0.25) is 0 Å². The highest BCUT2D eigenvalue weighted by atomic mass is 19.2. The lowest BCUT2D eigenvalue weighted by Gasteiger charge is -2.44. The first-order valence-corrected chi connectivity index (χ1v) is 16.5. The van der Waals surface area contributed by atoms with Crippen LogP contribution in [-0.4, -0.2) is 59.6 Å². The van der Waals surface area contributed by atoms with E-state index in [0.29, 0.717) is 17.7 Å². The zero-order valence-corrected chi connectivity index (χ0v) is 27.4. The number of nitrogens with one attached hydrogen (secondary N) is 1. The molecule has 6 rings (SSSR count). The van der Waals surface area contributed by atoms with Gasteiger partial charge in [-0.15, -0.1) is 0 Å². The van der Waals surface area contributed by atoms with Crippen molar-refractivity contribution >= 4 is 5.91 Å². The molecule has 4 aromatic carbocycles. The Labute approximate surface area is 287 Å². The van der Waals surface area contributed by atoms with Crippen molar-refractivity contribution in [3.63, 3.8) is 0 Å². The number of amides is 1. The molecule has 0 spiro atoms. The second-order valence-corrected chi connectivity index (χ2v) is 12.8. The van der Waals surface area contributed by atoms with Gasteiger partial charge in [-0.25, -0.2) is 22.0 Å². The minimum Gasteiger partial charge on any atom is -0.392 e. The van der Waals surface area contributed by atoms with Crippen molar-refractivity contribution in [2.75, 3.05) is 32.7 Å². The minimum absolute atomic E-state index is 0.00927. The predicted octanol–water partition coefficient (Wildman–Crippen LogP) is 6.41. The molecule has 0 radical (unpaired) electrons. The van der Waals surface area contributed by atoms with Crippen molar-refractivity contribution in [2.24, 2.45) is 5.92 Å². The number of halogens is 5. The van der Waals surface area contributed by atoms with Crippen LogP contribution in [0.5, 0.6) is 0 Å². The van der Waals surface area contributed by atoms with Gasteiger partial charge in [0.15, 0.2) is 29.6 Å². The van der Waals surface area contributed by atoms with Gasteiger partial charge in [-0.1, -0.05) is 85.8 Å². The van der Waals surface area contributed by atoms with E-state index in [4.69, 9.17) is 9.47 Å². The maximum absolute atomic E-state index is 14.1. The quantitative estimate of drug-likeness (QED) is 0.114. The SMILES string of the molecule is C[C@H]1[C@@H](CN2CCN(Cc3ccccc3)CC2)O[C@@H](c2ccc(CNC(=O)c3c(F)c(F)c(F)c(F)c3F)cc2)O[C@H]1c1ccc(CO)cc1. The van der Waals surface area contributed by atoms with Crippen LogP contribution >= 0.6 is 0 Å². The fourth-order valence-electron chi connectivity index (χ4n) is 6.42. The van der Waals surface area contributed by atoms with Crippen LogP contribution in [0.3, 0.4) is 0 Å². The third-order valence-corrected chi connectivity index (χ3v) is 9.42. The molecule has 50 heavy (non-hydrogen) atoms. The molecule has 2 heterocycles. The number of ether oxygens (including phenoxy) is 2. The van der Waals surface area contributed by atoms with Gasteiger partial charge < -0.3 is 19.9 Å². The molecular formula is C38H38F5N3O4. The Kier molecular flexibility index (Phi) is 11.2. The molecule has 0 unspecified atom stereocenters. The number of aliphatic hydroxyl groups is 1.